The second-order valence-corrected chi connectivity index (χ2v) is 6.75. The summed E-state index contributed by atoms with van der Waals surface area (Å²) in [4.78, 5) is 14.9. The number of carbonyl (C=O) groups excluding carboxylic acids is 1. The van der Waals surface area contributed by atoms with Crippen LogP contribution >= 0.6 is 0 Å². The molecular weight excluding hydrogens is 358 g/mol. The third kappa shape index (κ3) is 49.5. The van der Waals surface area contributed by atoms with Crippen molar-refractivity contribution in [1.29, 1.82) is 0 Å². The first-order chi connectivity index (χ1) is 11.8. The average Bonchev–Trinajstić information content (AvgIpc) is 2.52. The fourth-order valence-electron chi connectivity index (χ4n) is 0.538. The first-order valence-electron chi connectivity index (χ1n) is 8.63. The highest BCUT2D eigenvalue weighted by Crippen LogP contribution is 1.84. The molecule has 0 aliphatic carbocycles. The zero-order valence-corrected chi connectivity index (χ0v) is 18.9. The minimum Gasteiger partial charge on any atom is -0.352 e. The highest BCUT2D eigenvalue weighted by Gasteiger charge is 1.98. The highest BCUT2D eigenvalue weighted by atomic mass is 32.3. The Hall–Kier alpha value is -1.00. The highest BCUT2D eigenvalue weighted by molar-refractivity contribution is 7.80. The number of hydrogen-bond donors (Lipinski definition) is 2. The molecule has 0 saturated carbocycles. The van der Waals surface area contributed by atoms with Crippen LogP contribution in [0, 0.1) is 0 Å². The number of hydrogen-bond acceptors (Lipinski definition) is 6. The van der Waals surface area contributed by atoms with Gasteiger partial charge >= 0.3 is 10.4 Å². The molecule has 0 atom stereocenters. The molecule has 26 heavy (non-hydrogen) atoms. The van der Waals surface area contributed by atoms with Crippen molar-refractivity contribution in [1.82, 2.24) is 15.1 Å². The number of rotatable bonds is 7. The van der Waals surface area contributed by atoms with Gasteiger partial charge in [-0.25, -0.2) is 4.18 Å². The van der Waals surface area contributed by atoms with Gasteiger partial charge in [0.2, 0.25) is 5.91 Å². The molecule has 0 radical (unpaired) electrons. The van der Waals surface area contributed by atoms with Crippen molar-refractivity contribution >= 4 is 16.3 Å². The van der Waals surface area contributed by atoms with E-state index in [1.165, 1.54) is 6.92 Å². The monoisotopic (exact) mass is 399 g/mol. The van der Waals surface area contributed by atoms with Crippen LogP contribution in [-0.4, -0.2) is 83.1 Å². The van der Waals surface area contributed by atoms with Crippen molar-refractivity contribution in [3.63, 3.8) is 0 Å². The Balaban J connectivity index is -0.000000128. The zero-order valence-electron chi connectivity index (χ0n) is 18.1. The summed E-state index contributed by atoms with van der Waals surface area (Å²) < 4.78 is 30.7. The summed E-state index contributed by atoms with van der Waals surface area (Å²) in [5.41, 5.74) is 0.573. The molecule has 0 aliphatic rings. The molecule has 0 saturated heterocycles. The van der Waals surface area contributed by atoms with Crippen LogP contribution < -0.4 is 5.32 Å². The lowest BCUT2D eigenvalue weighted by atomic mass is 10.3. The van der Waals surface area contributed by atoms with Crippen molar-refractivity contribution in [3.8, 4) is 0 Å². The standard InChI is InChI=1S/C7H13NO.2C4H11N.C2H6O4S/c1-4-5-8-7(9)6(2)3;2*1-4-5(2)3;1-2-6-7(3,4)5/h2,4-5H2,1,3H3,(H,8,9);2*4H2,1-3H3;2H2,1H3,(H,3,4,5). The van der Waals surface area contributed by atoms with E-state index in [4.69, 9.17) is 4.55 Å². The van der Waals surface area contributed by atoms with Crippen LogP contribution in [0.3, 0.4) is 0 Å². The summed E-state index contributed by atoms with van der Waals surface area (Å²) >= 11 is 0. The summed E-state index contributed by atoms with van der Waals surface area (Å²) in [6.07, 6.45) is 0.971. The molecule has 0 aliphatic heterocycles. The lowest BCUT2D eigenvalue weighted by molar-refractivity contribution is -0.117. The van der Waals surface area contributed by atoms with Gasteiger partial charge in [-0.15, -0.1) is 0 Å². The quantitative estimate of drug-likeness (QED) is 0.499. The lowest BCUT2D eigenvalue weighted by Crippen LogP contribution is -2.24. The summed E-state index contributed by atoms with van der Waals surface area (Å²) in [6, 6.07) is 0. The second kappa shape index (κ2) is 22.0. The van der Waals surface area contributed by atoms with Crippen LogP contribution in [0.1, 0.15) is 41.0 Å². The van der Waals surface area contributed by atoms with E-state index < -0.39 is 10.4 Å². The van der Waals surface area contributed by atoms with E-state index in [1.54, 1.807) is 6.92 Å². The number of nitrogens with zero attached hydrogens (tertiary/aromatic N) is 2. The molecule has 0 heterocycles. The molecule has 160 valence electrons. The number of amides is 1. The molecule has 8 nitrogen and oxygen atoms in total. The molecular formula is C17H41N3O5S. The SMILES string of the molecule is C=C(C)C(=O)NCCC.CCN(C)C.CCN(C)C.CCOS(=O)(=O)O. The maximum absolute atomic E-state index is 10.7. The molecule has 0 bridgehead atoms. The topological polar surface area (TPSA) is 99.2 Å². The Bertz CT molecular complexity index is 416. The Morgan fingerprint density at radius 3 is 1.50 bits per heavy atom. The smallest absolute Gasteiger partial charge is 0.352 e. The van der Waals surface area contributed by atoms with Crippen LogP contribution in [0.25, 0.3) is 0 Å². The van der Waals surface area contributed by atoms with Crippen molar-refractivity contribution in [3.05, 3.63) is 12.2 Å². The Morgan fingerprint density at radius 1 is 1.04 bits per heavy atom. The lowest BCUT2D eigenvalue weighted by Gasteiger charge is -2.00. The van der Waals surface area contributed by atoms with Gasteiger partial charge in [0.05, 0.1) is 6.61 Å². The average molecular weight is 400 g/mol. The predicted octanol–water partition coefficient (Wildman–Crippen LogP) is 2.05. The van der Waals surface area contributed by atoms with E-state index in [2.05, 4.69) is 67.9 Å². The van der Waals surface area contributed by atoms with Gasteiger partial charge in [0.25, 0.3) is 0 Å². The molecule has 2 N–H and O–H groups in total. The van der Waals surface area contributed by atoms with Crippen molar-refractivity contribution < 1.29 is 21.9 Å². The maximum atomic E-state index is 10.7. The summed E-state index contributed by atoms with van der Waals surface area (Å²) in [7, 11) is 4.05. The first kappa shape index (κ1) is 32.7. The van der Waals surface area contributed by atoms with Crippen LogP contribution in [0.5, 0.6) is 0 Å². The second-order valence-electron chi connectivity index (χ2n) is 5.66. The number of nitrogens with one attached hydrogen (secondary N) is 1. The van der Waals surface area contributed by atoms with Gasteiger partial charge in [-0.2, -0.15) is 8.42 Å². The molecule has 0 spiro atoms. The Morgan fingerprint density at radius 2 is 1.38 bits per heavy atom. The van der Waals surface area contributed by atoms with Crippen LogP contribution in [0.4, 0.5) is 0 Å². The van der Waals surface area contributed by atoms with Crippen LogP contribution in [0.15, 0.2) is 12.2 Å². The van der Waals surface area contributed by atoms with Gasteiger partial charge in [0.1, 0.15) is 0 Å². The van der Waals surface area contributed by atoms with E-state index in [0.717, 1.165) is 26.1 Å². The van der Waals surface area contributed by atoms with Crippen molar-refractivity contribution in [2.45, 2.75) is 41.0 Å². The molecule has 0 aromatic heterocycles. The Kier molecular flexibility index (Phi) is 27.7. The largest absolute Gasteiger partial charge is 0.397 e. The summed E-state index contributed by atoms with van der Waals surface area (Å²) in [6.45, 7) is 15.9. The maximum Gasteiger partial charge on any atom is 0.397 e. The van der Waals surface area contributed by atoms with E-state index in [0.29, 0.717) is 5.57 Å². The van der Waals surface area contributed by atoms with E-state index in [1.807, 2.05) is 6.92 Å². The Labute approximate surface area is 161 Å². The molecule has 9 heteroatoms. The van der Waals surface area contributed by atoms with Gasteiger partial charge in [-0.3, -0.25) is 9.35 Å². The van der Waals surface area contributed by atoms with Crippen LogP contribution in [0.2, 0.25) is 0 Å². The van der Waals surface area contributed by atoms with Gasteiger partial charge in [0, 0.05) is 12.1 Å². The minimum atomic E-state index is -4.17. The molecule has 0 fully saturated rings. The fraction of sp³-hybridized carbons (Fsp3) is 0.824. The van der Waals surface area contributed by atoms with E-state index in [-0.39, 0.29) is 12.5 Å². The van der Waals surface area contributed by atoms with Gasteiger partial charge < -0.3 is 15.1 Å². The molecule has 0 rings (SSSR count). The molecule has 1 amide bonds. The van der Waals surface area contributed by atoms with E-state index >= 15 is 0 Å². The van der Waals surface area contributed by atoms with Gasteiger partial charge in [0.15, 0.2) is 0 Å². The van der Waals surface area contributed by atoms with Crippen LogP contribution in [-0.2, 0) is 19.4 Å². The van der Waals surface area contributed by atoms with Gasteiger partial charge in [-0.05, 0) is 61.5 Å². The normalized spacial score (nSPS) is 9.85. The minimum absolute atomic E-state index is 0.0289. The molecule has 0 aromatic carbocycles. The zero-order chi connectivity index (χ0) is 21.8. The first-order valence-corrected chi connectivity index (χ1v) is 10.00. The van der Waals surface area contributed by atoms with Crippen molar-refractivity contribution in [2.75, 3.05) is 54.4 Å². The third-order valence-corrected chi connectivity index (χ3v) is 2.99. The third-order valence-electron chi connectivity index (χ3n) is 2.45. The summed E-state index contributed by atoms with van der Waals surface area (Å²) in [5, 5.41) is 2.69. The van der Waals surface area contributed by atoms with E-state index in [9.17, 15) is 13.2 Å². The molecule has 0 aromatic rings. The number of carbonyl (C=O) groups is 1. The molecule has 0 unspecified atom stereocenters. The van der Waals surface area contributed by atoms with Gasteiger partial charge in [-0.1, -0.05) is 27.4 Å². The predicted molar refractivity (Wildman–Crippen MR) is 110 cm³/mol. The summed E-state index contributed by atoms with van der Waals surface area (Å²) in [5.74, 6) is -0.0446. The van der Waals surface area contributed by atoms with Crippen molar-refractivity contribution in [2.24, 2.45) is 0 Å². The fourth-order valence-corrected chi connectivity index (χ4v) is 0.836.